The lowest BCUT2D eigenvalue weighted by Crippen LogP contribution is -2.54. The lowest BCUT2D eigenvalue weighted by molar-refractivity contribution is -0.144. The number of amides is 2. The first-order chi connectivity index (χ1) is 13.8. The molecule has 2 atom stereocenters. The fourth-order valence-electron chi connectivity index (χ4n) is 4.06. The molecule has 2 aliphatic heterocycles. The Morgan fingerprint density at radius 3 is 2.21 bits per heavy atom. The molecule has 2 heterocycles. The fraction of sp³-hybridized carbons (Fsp3) is 0.636. The third kappa shape index (κ3) is 6.01. The Hall–Kier alpha value is -1.96. The molecule has 1 N–H and O–H groups in total. The number of hydrogen-bond donors (Lipinski definition) is 1. The normalized spacial score (nSPS) is 23.8. The van der Waals surface area contributed by atoms with Crippen molar-refractivity contribution < 1.29 is 14.3 Å². The number of nitrogens with zero attached hydrogens (tertiary/aromatic N) is 3. The van der Waals surface area contributed by atoms with Crippen LogP contribution in [0.4, 0.5) is 5.69 Å². The van der Waals surface area contributed by atoms with Gasteiger partial charge < -0.3 is 15.0 Å². The highest BCUT2D eigenvalue weighted by Crippen LogP contribution is 2.18. The van der Waals surface area contributed by atoms with Gasteiger partial charge in [0.05, 0.1) is 25.3 Å². The van der Waals surface area contributed by atoms with Crippen LogP contribution in [-0.4, -0.2) is 91.1 Å². The van der Waals surface area contributed by atoms with Gasteiger partial charge in [-0.2, -0.15) is 0 Å². The lowest BCUT2D eigenvalue weighted by atomic mass is 10.1. The zero-order valence-electron chi connectivity index (χ0n) is 18.1. The van der Waals surface area contributed by atoms with E-state index in [-0.39, 0.29) is 24.0 Å². The molecule has 7 heteroatoms. The largest absolute Gasteiger partial charge is 0.372 e. The van der Waals surface area contributed by atoms with Crippen molar-refractivity contribution in [3.63, 3.8) is 0 Å². The molecule has 2 fully saturated rings. The molecule has 1 aromatic rings. The summed E-state index contributed by atoms with van der Waals surface area (Å²) in [4.78, 5) is 31.3. The first-order valence-electron chi connectivity index (χ1n) is 10.6. The van der Waals surface area contributed by atoms with E-state index in [1.54, 1.807) is 0 Å². The highest BCUT2D eigenvalue weighted by Gasteiger charge is 2.28. The number of ether oxygens (including phenoxy) is 1. The van der Waals surface area contributed by atoms with Gasteiger partial charge in [-0.3, -0.25) is 19.4 Å². The molecule has 0 saturated carbocycles. The number of anilines is 1. The van der Waals surface area contributed by atoms with Crippen molar-refractivity contribution in [1.29, 1.82) is 0 Å². The Balaban J connectivity index is 1.41. The Bertz CT molecular complexity index is 721. The van der Waals surface area contributed by atoms with Crippen LogP contribution in [0.15, 0.2) is 18.2 Å². The van der Waals surface area contributed by atoms with Crippen molar-refractivity contribution in [2.24, 2.45) is 0 Å². The Labute approximate surface area is 174 Å². The van der Waals surface area contributed by atoms with Crippen molar-refractivity contribution in [1.82, 2.24) is 14.7 Å². The summed E-state index contributed by atoms with van der Waals surface area (Å²) in [6.45, 7) is 13.5. The second kappa shape index (κ2) is 9.69. The average Bonchev–Trinajstić information content (AvgIpc) is 2.66. The molecule has 7 nitrogen and oxygen atoms in total. The molecule has 160 valence electrons. The second-order valence-corrected chi connectivity index (χ2v) is 8.40. The highest BCUT2D eigenvalue weighted by atomic mass is 16.5. The molecule has 0 spiro atoms. The molecule has 3 rings (SSSR count). The number of aryl methyl sites for hydroxylation is 1. The molecule has 2 aliphatic rings. The van der Waals surface area contributed by atoms with Gasteiger partial charge in [-0.1, -0.05) is 12.1 Å². The molecule has 29 heavy (non-hydrogen) atoms. The smallest absolute Gasteiger partial charge is 0.238 e. The Morgan fingerprint density at radius 2 is 1.59 bits per heavy atom. The predicted octanol–water partition coefficient (Wildman–Crippen LogP) is 1.50. The van der Waals surface area contributed by atoms with Crippen molar-refractivity contribution in [3.05, 3.63) is 29.3 Å². The molecule has 0 bridgehead atoms. The maximum absolute atomic E-state index is 12.6. The Morgan fingerprint density at radius 1 is 1.00 bits per heavy atom. The maximum Gasteiger partial charge on any atom is 0.238 e. The fourth-order valence-corrected chi connectivity index (χ4v) is 4.06. The summed E-state index contributed by atoms with van der Waals surface area (Å²) in [5.74, 6) is 0.188. The van der Waals surface area contributed by atoms with Crippen LogP contribution in [0.5, 0.6) is 0 Å². The van der Waals surface area contributed by atoms with Crippen LogP contribution in [0.25, 0.3) is 0 Å². The molecular weight excluding hydrogens is 368 g/mol. The van der Waals surface area contributed by atoms with E-state index in [1.165, 1.54) is 5.56 Å². The molecular formula is C22H34N4O3. The van der Waals surface area contributed by atoms with E-state index >= 15 is 0 Å². The van der Waals surface area contributed by atoms with E-state index in [2.05, 4.69) is 15.1 Å². The van der Waals surface area contributed by atoms with Crippen LogP contribution < -0.4 is 5.32 Å². The van der Waals surface area contributed by atoms with E-state index < -0.39 is 0 Å². The van der Waals surface area contributed by atoms with Gasteiger partial charge in [0.2, 0.25) is 11.8 Å². The van der Waals surface area contributed by atoms with E-state index in [4.69, 9.17) is 4.74 Å². The molecule has 0 unspecified atom stereocenters. The number of carbonyl (C=O) groups excluding carboxylic acids is 2. The third-order valence-corrected chi connectivity index (χ3v) is 5.84. The van der Waals surface area contributed by atoms with E-state index in [0.717, 1.165) is 37.4 Å². The number of hydrogen-bond acceptors (Lipinski definition) is 5. The van der Waals surface area contributed by atoms with Crippen LogP contribution in [-0.2, 0) is 14.3 Å². The van der Waals surface area contributed by atoms with Gasteiger partial charge in [-0.15, -0.1) is 0 Å². The predicted molar refractivity (Wildman–Crippen MR) is 114 cm³/mol. The number of benzene rings is 1. The van der Waals surface area contributed by atoms with Crippen LogP contribution in [0.3, 0.4) is 0 Å². The zero-order chi connectivity index (χ0) is 21.0. The van der Waals surface area contributed by atoms with Gasteiger partial charge in [0.25, 0.3) is 0 Å². The summed E-state index contributed by atoms with van der Waals surface area (Å²) in [6.07, 6.45) is 0.185. The minimum absolute atomic E-state index is 0.0134. The summed E-state index contributed by atoms with van der Waals surface area (Å²) in [7, 11) is 0. The molecule has 0 radical (unpaired) electrons. The lowest BCUT2D eigenvalue weighted by Gasteiger charge is -2.38. The highest BCUT2D eigenvalue weighted by molar-refractivity contribution is 5.93. The molecule has 2 saturated heterocycles. The minimum atomic E-state index is 0.0134. The summed E-state index contributed by atoms with van der Waals surface area (Å²) < 4.78 is 5.71. The van der Waals surface area contributed by atoms with E-state index in [9.17, 15) is 9.59 Å². The van der Waals surface area contributed by atoms with E-state index in [0.29, 0.717) is 26.2 Å². The van der Waals surface area contributed by atoms with Gasteiger partial charge in [-0.05, 0) is 44.9 Å². The van der Waals surface area contributed by atoms with Crippen LogP contribution in [0.1, 0.15) is 25.0 Å². The van der Waals surface area contributed by atoms with Crippen molar-refractivity contribution in [3.8, 4) is 0 Å². The SMILES string of the molecule is Cc1cccc(NC(=O)CN2CCN(CC(=O)N3C[C@H](C)O[C@@H](C)C3)CC2)c1C. The first-order valence-corrected chi connectivity index (χ1v) is 10.6. The van der Waals surface area contributed by atoms with Crippen LogP contribution in [0, 0.1) is 13.8 Å². The number of carbonyl (C=O) groups is 2. The number of morpholine rings is 1. The number of piperazine rings is 1. The third-order valence-electron chi connectivity index (χ3n) is 5.84. The topological polar surface area (TPSA) is 65.1 Å². The maximum atomic E-state index is 12.6. The van der Waals surface area contributed by atoms with Gasteiger partial charge in [0.15, 0.2) is 0 Å². The quantitative estimate of drug-likeness (QED) is 0.809. The Kier molecular flexibility index (Phi) is 7.27. The molecule has 1 aromatic carbocycles. The number of rotatable bonds is 5. The average molecular weight is 403 g/mol. The van der Waals surface area contributed by atoms with Crippen molar-refractivity contribution >= 4 is 17.5 Å². The molecule has 0 aliphatic carbocycles. The van der Waals surface area contributed by atoms with Crippen molar-refractivity contribution in [2.45, 2.75) is 39.9 Å². The van der Waals surface area contributed by atoms with Crippen molar-refractivity contribution in [2.75, 3.05) is 57.7 Å². The van der Waals surface area contributed by atoms with Gasteiger partial charge >= 0.3 is 0 Å². The summed E-state index contributed by atoms with van der Waals surface area (Å²) in [6, 6.07) is 5.95. The van der Waals surface area contributed by atoms with E-state index in [1.807, 2.05) is 50.8 Å². The summed E-state index contributed by atoms with van der Waals surface area (Å²) >= 11 is 0. The summed E-state index contributed by atoms with van der Waals surface area (Å²) in [5.41, 5.74) is 3.16. The van der Waals surface area contributed by atoms with Gasteiger partial charge in [-0.25, -0.2) is 0 Å². The first kappa shape index (κ1) is 21.7. The standard InChI is InChI=1S/C22H34N4O3/c1-16-6-5-7-20(19(16)4)23-21(27)14-24-8-10-25(11-9-24)15-22(28)26-12-17(2)29-18(3)13-26/h5-7,17-18H,8-15H2,1-4H3,(H,23,27)/t17-,18-/m0/s1. The van der Waals surface area contributed by atoms with Crippen LogP contribution >= 0.6 is 0 Å². The number of nitrogens with one attached hydrogen (secondary N) is 1. The van der Waals surface area contributed by atoms with Gasteiger partial charge in [0.1, 0.15) is 0 Å². The minimum Gasteiger partial charge on any atom is -0.372 e. The van der Waals surface area contributed by atoms with Gasteiger partial charge in [0, 0.05) is 45.0 Å². The molecule has 0 aromatic heterocycles. The zero-order valence-corrected chi connectivity index (χ0v) is 18.1. The monoisotopic (exact) mass is 402 g/mol. The molecule has 2 amide bonds. The van der Waals surface area contributed by atoms with Crippen LogP contribution in [0.2, 0.25) is 0 Å². The second-order valence-electron chi connectivity index (χ2n) is 8.40. The summed E-state index contributed by atoms with van der Waals surface area (Å²) in [5, 5.41) is 3.03.